The maximum atomic E-state index is 13.0. The Labute approximate surface area is 275 Å². The molecule has 20 heteroatoms. The van der Waals surface area contributed by atoms with E-state index in [0.29, 0.717) is 0 Å². The molecule has 0 radical (unpaired) electrons. The van der Waals surface area contributed by atoms with Gasteiger partial charge in [0.25, 0.3) is 17.4 Å². The number of nitrogens with two attached hydrogens (primary N) is 1. The van der Waals surface area contributed by atoms with Crippen molar-refractivity contribution in [2.75, 3.05) is 24.3 Å². The number of carboxylic acids is 1. The fourth-order valence-corrected chi connectivity index (χ4v) is 6.29. The molecule has 0 aliphatic carbocycles. The summed E-state index contributed by atoms with van der Waals surface area (Å²) in [5.41, 5.74) is 3.78. The number of aromatic nitrogens is 4. The Morgan fingerprint density at radius 1 is 1.39 bits per heavy atom. The average Bonchev–Trinajstić information content (AvgIpc) is 3.28. The number of thiazole rings is 1. The van der Waals surface area contributed by atoms with Crippen molar-refractivity contribution in [2.24, 2.45) is 12.2 Å². The van der Waals surface area contributed by atoms with Crippen molar-refractivity contribution in [2.45, 2.75) is 16.6 Å². The summed E-state index contributed by atoms with van der Waals surface area (Å²) < 4.78 is 22.5. The van der Waals surface area contributed by atoms with Gasteiger partial charge in [-0.15, -0.1) is 23.1 Å². The van der Waals surface area contributed by atoms with Gasteiger partial charge in [-0.25, -0.2) is 9.67 Å². The normalized spacial score (nSPS) is 20.0. The topological polar surface area (TPSA) is 221 Å². The van der Waals surface area contributed by atoms with Crippen LogP contribution in [-0.4, -0.2) is 78.1 Å². The zero-order valence-corrected chi connectivity index (χ0v) is 26.4. The van der Waals surface area contributed by atoms with Crippen LogP contribution < -0.4 is 85.9 Å². The Kier molecular flexibility index (Phi) is 10.0. The van der Waals surface area contributed by atoms with Gasteiger partial charge in [-0.2, -0.15) is 10.1 Å². The van der Waals surface area contributed by atoms with Gasteiger partial charge in [-0.3, -0.25) is 19.3 Å². The van der Waals surface area contributed by atoms with Crippen LogP contribution in [0.2, 0.25) is 0 Å². The van der Waals surface area contributed by atoms with E-state index < -0.39 is 59.1 Å². The number of hydrogen-bond donors (Lipinski definition) is 2. The van der Waals surface area contributed by atoms with E-state index in [-0.39, 0.29) is 92.2 Å². The molecule has 3 N–H and O–H groups in total. The van der Waals surface area contributed by atoms with Crippen LogP contribution in [0, 0.1) is 0 Å². The fourth-order valence-electron chi connectivity index (χ4n) is 3.35. The van der Waals surface area contributed by atoms with Crippen LogP contribution >= 0.6 is 34.9 Å². The third kappa shape index (κ3) is 6.56. The summed E-state index contributed by atoms with van der Waals surface area (Å²) in [7, 11) is -1.57. The van der Waals surface area contributed by atoms with Crippen molar-refractivity contribution in [3.05, 3.63) is 32.7 Å². The second-order valence-electron chi connectivity index (χ2n) is 7.12. The Bertz CT molecular complexity index is 1490. The van der Waals surface area contributed by atoms with Gasteiger partial charge in [0.15, 0.2) is 16.0 Å². The van der Waals surface area contributed by atoms with Gasteiger partial charge in [-0.05, 0) is 5.57 Å². The maximum Gasteiger partial charge on any atom is 1.00 e. The van der Waals surface area contributed by atoms with Gasteiger partial charge >= 0.3 is 59.1 Å². The van der Waals surface area contributed by atoms with Crippen LogP contribution in [0.4, 0.5) is 5.13 Å². The first-order chi connectivity index (χ1) is 18.3. The number of carboxylic acid groups (broad SMARTS) is 1. The van der Waals surface area contributed by atoms with E-state index in [9.17, 15) is 29.4 Å². The number of fused-ring (bicyclic) bond motifs is 1. The predicted molar refractivity (Wildman–Crippen MR) is 125 cm³/mol. The van der Waals surface area contributed by atoms with E-state index in [1.54, 1.807) is 0 Å². The number of anilines is 1. The van der Waals surface area contributed by atoms with Crippen molar-refractivity contribution >= 4 is 63.5 Å². The van der Waals surface area contributed by atoms with Crippen molar-refractivity contribution in [1.29, 1.82) is 0 Å². The largest absolute Gasteiger partial charge is 1.00 e. The number of nitrogens with one attached hydrogen (secondary N) is 1. The SMILES string of the molecule is [2H]C([2H])([2H])O/N=C(\C(=O)N[C@@H]1C(=O)N2C(C(=O)[O-])=C(CSc3nc(=O)c([O-])nn3C)CS[C@H]12)c1csc(N)n1.[Na+].[Na+]. The van der Waals surface area contributed by atoms with Crippen LogP contribution in [0.1, 0.15) is 9.81 Å². The molecule has 0 saturated carbocycles. The molecule has 2 aliphatic rings. The van der Waals surface area contributed by atoms with Gasteiger partial charge in [0.05, 0.1) is 21.7 Å². The number of nitrogen functional groups attached to an aromatic ring is 1. The second kappa shape index (κ2) is 13.6. The van der Waals surface area contributed by atoms with Crippen LogP contribution in [0.3, 0.4) is 0 Å². The van der Waals surface area contributed by atoms with Gasteiger partial charge in [0.2, 0.25) is 0 Å². The minimum absolute atomic E-state index is 0. The molecule has 1 saturated heterocycles. The quantitative estimate of drug-likeness (QED) is 0.0945. The van der Waals surface area contributed by atoms with Gasteiger partial charge in [0.1, 0.15) is 24.1 Å². The zero-order valence-electron chi connectivity index (χ0n) is 23.0. The number of thioether (sulfide) groups is 2. The van der Waals surface area contributed by atoms with E-state index in [4.69, 9.17) is 9.85 Å². The van der Waals surface area contributed by atoms with Crippen LogP contribution in [0.5, 0.6) is 5.88 Å². The summed E-state index contributed by atoms with van der Waals surface area (Å²) in [6, 6.07) is -1.18. The van der Waals surface area contributed by atoms with E-state index in [1.165, 1.54) is 12.4 Å². The number of oxime groups is 1. The molecule has 2 aromatic heterocycles. The molecule has 0 aromatic carbocycles. The van der Waals surface area contributed by atoms with Crippen LogP contribution in [0.15, 0.2) is 31.8 Å². The molecule has 4 heterocycles. The van der Waals surface area contributed by atoms with Gasteiger partial charge in [0, 0.05) is 23.9 Å². The molecule has 38 heavy (non-hydrogen) atoms. The Hall–Kier alpha value is -1.64. The number of rotatable bonds is 8. The first-order valence-corrected chi connectivity index (χ1v) is 12.6. The maximum absolute atomic E-state index is 13.0. The minimum atomic E-state index is -2.97. The minimum Gasteiger partial charge on any atom is -0.854 e. The Balaban J connectivity index is 0.00000294. The number of β-lactam (4-membered cyclic amide) rings is 1. The average molecular weight is 602 g/mol. The number of amides is 2. The smallest absolute Gasteiger partial charge is 0.854 e. The second-order valence-corrected chi connectivity index (χ2v) is 10.1. The molecular weight excluding hydrogens is 582 g/mol. The molecule has 0 spiro atoms. The number of aryl methyl sites for hydroxylation is 1. The number of carbonyl (C=O) groups is 3. The molecular formula is C18H16N8Na2O7S3. The van der Waals surface area contributed by atoms with E-state index >= 15 is 0 Å². The number of nitrogens with zero attached hydrogens (tertiary/aromatic N) is 6. The Morgan fingerprint density at radius 2 is 2.13 bits per heavy atom. The van der Waals surface area contributed by atoms with Crippen molar-refractivity contribution in [3.8, 4) is 5.88 Å². The molecule has 1 fully saturated rings. The molecule has 15 nitrogen and oxygen atoms in total. The summed E-state index contributed by atoms with van der Waals surface area (Å²) >= 11 is 3.04. The fraction of sp³-hybridized carbons (Fsp3) is 0.333. The van der Waals surface area contributed by atoms with Crippen molar-refractivity contribution in [3.63, 3.8) is 0 Å². The van der Waals surface area contributed by atoms with Gasteiger partial charge < -0.3 is 30.9 Å². The third-order valence-corrected chi connectivity index (χ3v) is 8.04. The van der Waals surface area contributed by atoms with Crippen LogP contribution in [-0.2, 0) is 26.3 Å². The molecule has 2 aromatic rings. The molecule has 4 rings (SSSR count). The number of carbonyl (C=O) groups excluding carboxylic acids is 3. The van der Waals surface area contributed by atoms with E-state index in [2.05, 4.69) is 30.4 Å². The molecule has 0 bridgehead atoms. The van der Waals surface area contributed by atoms with E-state index in [0.717, 1.165) is 44.4 Å². The van der Waals surface area contributed by atoms with Crippen molar-refractivity contribution < 1.29 is 92.7 Å². The Morgan fingerprint density at radius 3 is 2.76 bits per heavy atom. The molecule has 2 atom stereocenters. The molecule has 2 aliphatic heterocycles. The summed E-state index contributed by atoms with van der Waals surface area (Å²) in [5.74, 6) is -4.33. The summed E-state index contributed by atoms with van der Waals surface area (Å²) in [6.45, 7) is 0. The first kappa shape index (κ1) is 27.9. The number of aliphatic carboxylic acids is 1. The number of hydrogen-bond acceptors (Lipinski definition) is 15. The van der Waals surface area contributed by atoms with Crippen LogP contribution in [0.25, 0.3) is 0 Å². The molecule has 190 valence electrons. The van der Waals surface area contributed by atoms with E-state index in [1.807, 2.05) is 0 Å². The zero-order chi connectivity index (χ0) is 28.6. The monoisotopic (exact) mass is 601 g/mol. The summed E-state index contributed by atoms with van der Waals surface area (Å²) in [5, 5.41) is 33.2. The standard InChI is InChI=1S/C18H18N8O7S3.2Na/c1-25-18(22-12(28)13(29)23-25)36-4-6-3-34-15-9(14(30)26(15)10(6)16(31)32)21-11(27)8(24-33-2)7-5-35-17(19)20-7;;/h5,9,15H,3-4H2,1-2H3,(H2,19,20)(H,21,27)(H,23,29)(H,31,32);;/q;2*+1/p-2/b24-8-;;/t9-,15-;;/m1../s1/i2D3;;. The summed E-state index contributed by atoms with van der Waals surface area (Å²) in [4.78, 5) is 62.3. The van der Waals surface area contributed by atoms with Crippen molar-refractivity contribution in [1.82, 2.24) is 30.0 Å². The van der Waals surface area contributed by atoms with Gasteiger partial charge in [-0.1, -0.05) is 16.9 Å². The molecule has 2 amide bonds. The first-order valence-electron chi connectivity index (χ1n) is 11.2. The third-order valence-electron chi connectivity index (χ3n) is 4.92. The summed E-state index contributed by atoms with van der Waals surface area (Å²) in [6.07, 6.45) is 0. The predicted octanol–water partition coefficient (Wildman–Crippen LogP) is -9.16. The molecule has 0 unspecified atom stereocenters.